The molecule has 31 heavy (non-hydrogen) atoms. The molecule has 162 valence electrons. The molecule has 0 unspecified atom stereocenters. The molecule has 6 nitrogen and oxygen atoms in total. The van der Waals surface area contributed by atoms with E-state index in [0.29, 0.717) is 5.75 Å². The number of benzene rings is 3. The molecule has 0 saturated heterocycles. The van der Waals surface area contributed by atoms with E-state index in [1.807, 2.05) is 61.5 Å². The molecule has 0 bridgehead atoms. The zero-order chi connectivity index (χ0) is 22.3. The van der Waals surface area contributed by atoms with Crippen molar-refractivity contribution in [3.8, 4) is 5.75 Å². The van der Waals surface area contributed by atoms with Crippen LogP contribution in [0.25, 0.3) is 0 Å². The minimum Gasteiger partial charge on any atom is -0.484 e. The number of aryl methyl sites for hydroxylation is 1. The highest BCUT2D eigenvalue weighted by atomic mass is 32.2. The lowest BCUT2D eigenvalue weighted by Crippen LogP contribution is -2.26. The Balaban J connectivity index is 1.58. The first kappa shape index (κ1) is 22.5. The van der Waals surface area contributed by atoms with Crippen molar-refractivity contribution in [1.82, 2.24) is 4.31 Å². The smallest absolute Gasteiger partial charge is 0.262 e. The van der Waals surface area contributed by atoms with Gasteiger partial charge in [-0.15, -0.1) is 0 Å². The van der Waals surface area contributed by atoms with Gasteiger partial charge in [0.2, 0.25) is 10.0 Å². The van der Waals surface area contributed by atoms with Gasteiger partial charge >= 0.3 is 0 Å². The van der Waals surface area contributed by atoms with Crippen LogP contribution in [0, 0.1) is 0 Å². The van der Waals surface area contributed by atoms with E-state index in [9.17, 15) is 13.2 Å². The van der Waals surface area contributed by atoms with Crippen LogP contribution in [-0.2, 0) is 27.8 Å². The van der Waals surface area contributed by atoms with Crippen LogP contribution in [-0.4, -0.2) is 32.3 Å². The molecular weight excluding hydrogens is 412 g/mol. The van der Waals surface area contributed by atoms with Crippen LogP contribution in [0.4, 0.5) is 5.69 Å². The molecule has 3 aromatic carbocycles. The van der Waals surface area contributed by atoms with Gasteiger partial charge in [0.1, 0.15) is 5.75 Å². The SMILES string of the molecule is CCc1ccccc1NC(=O)COc1ccc(S(=O)(=O)N(C)Cc2ccccc2)cc1. The summed E-state index contributed by atoms with van der Waals surface area (Å²) in [5.41, 5.74) is 2.72. The number of nitrogens with one attached hydrogen (secondary N) is 1. The Bertz CT molecular complexity index is 1110. The van der Waals surface area contributed by atoms with Crippen LogP contribution in [0.15, 0.2) is 83.8 Å². The topological polar surface area (TPSA) is 75.7 Å². The molecular formula is C24H26N2O4S. The monoisotopic (exact) mass is 438 g/mol. The predicted molar refractivity (Wildman–Crippen MR) is 121 cm³/mol. The number of para-hydroxylation sites is 1. The first-order chi connectivity index (χ1) is 14.9. The first-order valence-corrected chi connectivity index (χ1v) is 11.4. The molecule has 0 heterocycles. The van der Waals surface area contributed by atoms with Crippen molar-refractivity contribution >= 4 is 21.6 Å². The lowest BCUT2D eigenvalue weighted by Gasteiger charge is -2.17. The summed E-state index contributed by atoms with van der Waals surface area (Å²) in [6.07, 6.45) is 0.811. The highest BCUT2D eigenvalue weighted by molar-refractivity contribution is 7.89. The number of hydrogen-bond donors (Lipinski definition) is 1. The van der Waals surface area contributed by atoms with Crippen LogP contribution in [0.3, 0.4) is 0 Å². The van der Waals surface area contributed by atoms with Crippen LogP contribution in [0.1, 0.15) is 18.1 Å². The fraction of sp³-hybridized carbons (Fsp3) is 0.208. The predicted octanol–water partition coefficient (Wildman–Crippen LogP) is 4.09. The summed E-state index contributed by atoms with van der Waals surface area (Å²) >= 11 is 0. The molecule has 3 rings (SSSR count). The number of carbonyl (C=O) groups excluding carboxylic acids is 1. The van der Waals surface area contributed by atoms with Gasteiger partial charge < -0.3 is 10.1 Å². The average molecular weight is 439 g/mol. The van der Waals surface area contributed by atoms with Crippen molar-refractivity contribution in [2.45, 2.75) is 24.8 Å². The summed E-state index contributed by atoms with van der Waals surface area (Å²) in [7, 11) is -2.09. The number of ether oxygens (including phenoxy) is 1. The Morgan fingerprint density at radius 3 is 2.26 bits per heavy atom. The van der Waals surface area contributed by atoms with Crippen molar-refractivity contribution in [3.05, 3.63) is 90.0 Å². The number of nitrogens with zero attached hydrogens (tertiary/aromatic N) is 1. The number of anilines is 1. The van der Waals surface area contributed by atoms with Gasteiger partial charge in [-0.1, -0.05) is 55.5 Å². The summed E-state index contributed by atoms with van der Waals surface area (Å²) in [5.74, 6) is 0.142. The molecule has 0 aliphatic heterocycles. The molecule has 0 atom stereocenters. The fourth-order valence-electron chi connectivity index (χ4n) is 3.10. The summed E-state index contributed by atoms with van der Waals surface area (Å²) in [5, 5.41) is 2.84. The van der Waals surface area contributed by atoms with Gasteiger partial charge in [0, 0.05) is 19.3 Å². The summed E-state index contributed by atoms with van der Waals surface area (Å²) in [6.45, 7) is 2.13. The maximum absolute atomic E-state index is 12.8. The van der Waals surface area contributed by atoms with E-state index < -0.39 is 10.0 Å². The third-order valence-electron chi connectivity index (χ3n) is 4.82. The Morgan fingerprint density at radius 2 is 1.58 bits per heavy atom. The van der Waals surface area contributed by atoms with E-state index in [1.165, 1.54) is 16.4 Å². The van der Waals surface area contributed by atoms with Crippen molar-refractivity contribution < 1.29 is 17.9 Å². The van der Waals surface area contributed by atoms with E-state index in [2.05, 4.69) is 5.32 Å². The maximum atomic E-state index is 12.8. The highest BCUT2D eigenvalue weighted by Gasteiger charge is 2.21. The van der Waals surface area contributed by atoms with Gasteiger partial charge in [-0.25, -0.2) is 8.42 Å². The number of sulfonamides is 1. The zero-order valence-electron chi connectivity index (χ0n) is 17.6. The van der Waals surface area contributed by atoms with Gasteiger partial charge in [-0.2, -0.15) is 4.31 Å². The number of hydrogen-bond acceptors (Lipinski definition) is 4. The average Bonchev–Trinajstić information content (AvgIpc) is 2.79. The van der Waals surface area contributed by atoms with E-state index >= 15 is 0 Å². The molecule has 0 radical (unpaired) electrons. The number of carbonyl (C=O) groups is 1. The van der Waals surface area contributed by atoms with Crippen LogP contribution in [0.2, 0.25) is 0 Å². The maximum Gasteiger partial charge on any atom is 0.262 e. The molecule has 3 aromatic rings. The first-order valence-electron chi connectivity index (χ1n) is 10.0. The summed E-state index contributed by atoms with van der Waals surface area (Å²) in [4.78, 5) is 12.4. The molecule has 7 heteroatoms. The lowest BCUT2D eigenvalue weighted by molar-refractivity contribution is -0.118. The molecule has 1 amide bonds. The third-order valence-corrected chi connectivity index (χ3v) is 6.64. The zero-order valence-corrected chi connectivity index (χ0v) is 18.4. The molecule has 0 aliphatic rings. The van der Waals surface area contributed by atoms with E-state index in [1.54, 1.807) is 19.2 Å². The van der Waals surface area contributed by atoms with Crippen molar-refractivity contribution in [2.75, 3.05) is 19.0 Å². The molecule has 0 saturated carbocycles. The van der Waals surface area contributed by atoms with Crippen LogP contribution < -0.4 is 10.1 Å². The minimum absolute atomic E-state index is 0.166. The normalized spacial score (nSPS) is 11.3. The molecule has 0 aromatic heterocycles. The molecule has 0 aliphatic carbocycles. The minimum atomic E-state index is -3.64. The Kier molecular flexibility index (Phi) is 7.44. The standard InChI is InChI=1S/C24H26N2O4S/c1-3-20-11-7-8-12-23(20)25-24(27)18-30-21-13-15-22(16-14-21)31(28,29)26(2)17-19-9-5-4-6-10-19/h4-16H,3,17-18H2,1-2H3,(H,25,27). The number of amides is 1. The number of rotatable bonds is 9. The fourth-order valence-corrected chi connectivity index (χ4v) is 4.26. The Labute approximate surface area is 183 Å². The second-order valence-corrected chi connectivity index (χ2v) is 9.11. The van der Waals surface area contributed by atoms with Crippen LogP contribution in [0.5, 0.6) is 5.75 Å². The van der Waals surface area contributed by atoms with Crippen molar-refractivity contribution in [3.63, 3.8) is 0 Å². The van der Waals surface area contributed by atoms with Gasteiger partial charge in [0.25, 0.3) is 5.91 Å². The highest BCUT2D eigenvalue weighted by Crippen LogP contribution is 2.21. The van der Waals surface area contributed by atoms with Crippen LogP contribution >= 0.6 is 0 Å². The Morgan fingerprint density at radius 1 is 0.935 bits per heavy atom. The van der Waals surface area contributed by atoms with Gasteiger partial charge in [0.05, 0.1) is 4.90 Å². The van der Waals surface area contributed by atoms with E-state index in [-0.39, 0.29) is 24.0 Å². The summed E-state index contributed by atoms with van der Waals surface area (Å²) in [6, 6.07) is 23.1. The van der Waals surface area contributed by atoms with Gasteiger partial charge in [0.15, 0.2) is 6.61 Å². The Hall–Kier alpha value is -3.16. The van der Waals surface area contributed by atoms with Crippen molar-refractivity contribution in [2.24, 2.45) is 0 Å². The van der Waals surface area contributed by atoms with Gasteiger partial charge in [-0.05, 0) is 47.9 Å². The quantitative estimate of drug-likeness (QED) is 0.546. The van der Waals surface area contributed by atoms with E-state index in [4.69, 9.17) is 4.74 Å². The second-order valence-electron chi connectivity index (χ2n) is 7.07. The van der Waals surface area contributed by atoms with Crippen molar-refractivity contribution in [1.29, 1.82) is 0 Å². The summed E-state index contributed by atoms with van der Waals surface area (Å²) < 4.78 is 32.4. The third kappa shape index (κ3) is 5.93. The van der Waals surface area contributed by atoms with E-state index in [0.717, 1.165) is 23.2 Å². The lowest BCUT2D eigenvalue weighted by atomic mass is 10.1. The molecule has 0 spiro atoms. The second kappa shape index (κ2) is 10.2. The molecule has 1 N–H and O–H groups in total. The molecule has 0 fully saturated rings. The van der Waals surface area contributed by atoms with Gasteiger partial charge in [-0.3, -0.25) is 4.79 Å². The largest absolute Gasteiger partial charge is 0.484 e.